The summed E-state index contributed by atoms with van der Waals surface area (Å²) < 4.78 is 0. The van der Waals surface area contributed by atoms with E-state index in [0.717, 1.165) is 24.7 Å². The highest BCUT2D eigenvalue weighted by atomic mass is 16.3. The summed E-state index contributed by atoms with van der Waals surface area (Å²) in [5, 5.41) is 9.27. The van der Waals surface area contributed by atoms with Gasteiger partial charge in [-0.05, 0) is 68.1 Å². The minimum Gasteiger partial charge on any atom is -0.508 e. The number of allylic oxidation sites excluding steroid dienone is 2. The Bertz CT molecular complexity index is 424. The molecule has 0 aliphatic heterocycles. The first-order valence-electron chi connectivity index (χ1n) is 9.22. The van der Waals surface area contributed by atoms with Crippen LogP contribution < -0.4 is 0 Å². The van der Waals surface area contributed by atoms with Crippen LogP contribution in [0.15, 0.2) is 36.4 Å². The molecule has 1 N–H and O–H groups in total. The second kappa shape index (κ2) is 9.71. The van der Waals surface area contributed by atoms with Gasteiger partial charge in [-0.3, -0.25) is 0 Å². The Morgan fingerprint density at radius 1 is 1.05 bits per heavy atom. The number of benzene rings is 1. The van der Waals surface area contributed by atoms with E-state index in [9.17, 15) is 5.11 Å². The van der Waals surface area contributed by atoms with Crippen molar-refractivity contribution in [2.24, 2.45) is 11.8 Å². The molecule has 0 bridgehead atoms. The fourth-order valence-electron chi connectivity index (χ4n) is 3.55. The van der Waals surface area contributed by atoms with Gasteiger partial charge in [0.1, 0.15) is 5.75 Å². The number of aryl methyl sites for hydroxylation is 1. The third-order valence-electron chi connectivity index (χ3n) is 5.05. The summed E-state index contributed by atoms with van der Waals surface area (Å²) >= 11 is 0. The average molecular weight is 300 g/mol. The van der Waals surface area contributed by atoms with Gasteiger partial charge in [0.15, 0.2) is 0 Å². The van der Waals surface area contributed by atoms with Crippen LogP contribution in [-0.2, 0) is 6.42 Å². The number of unbranched alkanes of at least 4 members (excludes halogenated alkanes) is 2. The lowest BCUT2D eigenvalue weighted by atomic mass is 9.79. The van der Waals surface area contributed by atoms with Crippen molar-refractivity contribution in [3.8, 4) is 5.75 Å². The standard InChI is InChI=1S/C21H32O/c1-2-3-4-7-18-10-12-19(13-11-18)8-5-6-9-20-14-16-21(22)17-15-20/h5,8,14-19,22H,2-4,6-7,9-13H2,1H3/t18-,19-. The first kappa shape index (κ1) is 17.1. The fraction of sp³-hybridized carbons (Fsp3) is 0.619. The van der Waals surface area contributed by atoms with Crippen molar-refractivity contribution < 1.29 is 5.11 Å². The van der Waals surface area contributed by atoms with E-state index in [-0.39, 0.29) is 0 Å². The van der Waals surface area contributed by atoms with Crippen LogP contribution in [0.5, 0.6) is 5.75 Å². The molecular formula is C21H32O. The Hall–Kier alpha value is -1.24. The molecule has 1 fully saturated rings. The van der Waals surface area contributed by atoms with E-state index < -0.39 is 0 Å². The smallest absolute Gasteiger partial charge is 0.115 e. The van der Waals surface area contributed by atoms with Crippen LogP contribution in [0, 0.1) is 11.8 Å². The van der Waals surface area contributed by atoms with Crippen LogP contribution in [0.2, 0.25) is 0 Å². The van der Waals surface area contributed by atoms with Gasteiger partial charge in [-0.15, -0.1) is 0 Å². The van der Waals surface area contributed by atoms with Crippen molar-refractivity contribution in [3.63, 3.8) is 0 Å². The summed E-state index contributed by atoms with van der Waals surface area (Å²) in [6, 6.07) is 7.59. The van der Waals surface area contributed by atoms with Crippen LogP contribution in [0.4, 0.5) is 0 Å². The van der Waals surface area contributed by atoms with E-state index >= 15 is 0 Å². The maximum atomic E-state index is 9.27. The molecule has 22 heavy (non-hydrogen) atoms. The monoisotopic (exact) mass is 300 g/mol. The highest BCUT2D eigenvalue weighted by Crippen LogP contribution is 2.32. The van der Waals surface area contributed by atoms with Gasteiger partial charge in [0.25, 0.3) is 0 Å². The third-order valence-corrected chi connectivity index (χ3v) is 5.05. The molecule has 0 atom stereocenters. The maximum absolute atomic E-state index is 9.27. The van der Waals surface area contributed by atoms with Crippen LogP contribution in [0.1, 0.15) is 70.3 Å². The van der Waals surface area contributed by atoms with Crippen molar-refractivity contribution in [1.29, 1.82) is 0 Å². The summed E-state index contributed by atoms with van der Waals surface area (Å²) in [6.45, 7) is 2.29. The zero-order valence-corrected chi connectivity index (χ0v) is 14.1. The molecule has 1 aliphatic rings. The molecule has 2 rings (SSSR count). The minimum absolute atomic E-state index is 0.356. The zero-order chi connectivity index (χ0) is 15.6. The Morgan fingerprint density at radius 2 is 1.77 bits per heavy atom. The van der Waals surface area contributed by atoms with Crippen LogP contribution in [0.3, 0.4) is 0 Å². The van der Waals surface area contributed by atoms with Crippen LogP contribution >= 0.6 is 0 Å². The Kier molecular flexibility index (Phi) is 7.56. The first-order chi connectivity index (χ1) is 10.8. The third kappa shape index (κ3) is 6.25. The molecule has 1 aromatic carbocycles. The number of hydrogen-bond acceptors (Lipinski definition) is 1. The molecule has 1 aliphatic carbocycles. The van der Waals surface area contributed by atoms with E-state index in [0.29, 0.717) is 5.75 Å². The number of aromatic hydroxyl groups is 1. The number of hydrogen-bond donors (Lipinski definition) is 1. The van der Waals surface area contributed by atoms with Gasteiger partial charge in [-0.25, -0.2) is 0 Å². The SMILES string of the molecule is CCCCC[C@H]1CC[C@H](C=CCCc2ccc(O)cc2)CC1. The zero-order valence-electron chi connectivity index (χ0n) is 14.1. The van der Waals surface area contributed by atoms with E-state index in [1.54, 1.807) is 12.1 Å². The second-order valence-corrected chi connectivity index (χ2v) is 6.91. The highest BCUT2D eigenvalue weighted by Gasteiger charge is 2.18. The van der Waals surface area contributed by atoms with Gasteiger partial charge >= 0.3 is 0 Å². The van der Waals surface area contributed by atoms with Crippen molar-refractivity contribution in [2.45, 2.75) is 71.1 Å². The molecule has 0 radical (unpaired) electrons. The van der Waals surface area contributed by atoms with Gasteiger partial charge in [0, 0.05) is 0 Å². The van der Waals surface area contributed by atoms with Crippen LogP contribution in [-0.4, -0.2) is 5.11 Å². The quantitative estimate of drug-likeness (QED) is 0.443. The number of rotatable bonds is 8. The van der Waals surface area contributed by atoms with Gasteiger partial charge in [0.05, 0.1) is 0 Å². The molecule has 0 heterocycles. The Labute approximate surface area is 136 Å². The molecule has 0 unspecified atom stereocenters. The lowest BCUT2D eigenvalue weighted by molar-refractivity contribution is 0.289. The molecule has 1 heteroatoms. The lowest BCUT2D eigenvalue weighted by Crippen LogP contribution is -2.13. The Morgan fingerprint density at radius 3 is 2.45 bits per heavy atom. The normalized spacial score (nSPS) is 22.2. The topological polar surface area (TPSA) is 20.2 Å². The molecule has 1 aromatic rings. The molecule has 122 valence electrons. The number of phenols is 1. The van der Waals surface area contributed by atoms with E-state index in [4.69, 9.17) is 0 Å². The highest BCUT2D eigenvalue weighted by molar-refractivity contribution is 5.26. The van der Waals surface area contributed by atoms with Crippen LogP contribution in [0.25, 0.3) is 0 Å². The van der Waals surface area contributed by atoms with Crippen molar-refractivity contribution in [2.75, 3.05) is 0 Å². The predicted octanol–water partition coefficient (Wildman–Crippen LogP) is 6.27. The Balaban J connectivity index is 1.60. The molecule has 0 spiro atoms. The molecule has 0 saturated heterocycles. The van der Waals surface area contributed by atoms with Gasteiger partial charge < -0.3 is 5.11 Å². The van der Waals surface area contributed by atoms with E-state index in [1.165, 1.54) is 56.9 Å². The molecule has 1 saturated carbocycles. The first-order valence-corrected chi connectivity index (χ1v) is 9.22. The average Bonchev–Trinajstić information content (AvgIpc) is 2.55. The summed E-state index contributed by atoms with van der Waals surface area (Å²) in [4.78, 5) is 0. The fourth-order valence-corrected chi connectivity index (χ4v) is 3.55. The van der Waals surface area contributed by atoms with Gasteiger partial charge in [-0.1, -0.05) is 56.9 Å². The molecule has 0 amide bonds. The van der Waals surface area contributed by atoms with E-state index in [2.05, 4.69) is 19.1 Å². The van der Waals surface area contributed by atoms with Crippen molar-refractivity contribution in [1.82, 2.24) is 0 Å². The van der Waals surface area contributed by atoms with Gasteiger partial charge in [0.2, 0.25) is 0 Å². The summed E-state index contributed by atoms with van der Waals surface area (Å²) in [7, 11) is 0. The van der Waals surface area contributed by atoms with E-state index in [1.807, 2.05) is 12.1 Å². The summed E-state index contributed by atoms with van der Waals surface area (Å²) in [5.41, 5.74) is 1.31. The largest absolute Gasteiger partial charge is 0.508 e. The lowest BCUT2D eigenvalue weighted by Gasteiger charge is -2.26. The molecule has 0 aromatic heterocycles. The summed E-state index contributed by atoms with van der Waals surface area (Å²) in [6.07, 6.45) is 18.4. The maximum Gasteiger partial charge on any atom is 0.115 e. The van der Waals surface area contributed by atoms with Crippen molar-refractivity contribution in [3.05, 3.63) is 42.0 Å². The predicted molar refractivity (Wildman–Crippen MR) is 95.2 cm³/mol. The van der Waals surface area contributed by atoms with Gasteiger partial charge in [-0.2, -0.15) is 0 Å². The minimum atomic E-state index is 0.356. The number of phenolic OH excluding ortho intramolecular Hbond substituents is 1. The summed E-state index contributed by atoms with van der Waals surface area (Å²) in [5.74, 6) is 2.19. The molecular weight excluding hydrogens is 268 g/mol. The van der Waals surface area contributed by atoms with Crippen molar-refractivity contribution >= 4 is 0 Å². The molecule has 1 nitrogen and oxygen atoms in total. The second-order valence-electron chi connectivity index (χ2n) is 6.91.